The molecule has 6 nitrogen and oxygen atoms in total. The first-order valence-electron chi connectivity index (χ1n) is 6.93. The molecule has 0 radical (unpaired) electrons. The van der Waals surface area contributed by atoms with Gasteiger partial charge in [0, 0.05) is 18.9 Å². The number of benzene rings is 1. The number of pyridine rings is 1. The van der Waals surface area contributed by atoms with Crippen LogP contribution < -0.4 is 10.6 Å². The van der Waals surface area contributed by atoms with Gasteiger partial charge in [-0.25, -0.2) is 4.79 Å². The van der Waals surface area contributed by atoms with E-state index < -0.39 is 12.1 Å². The van der Waals surface area contributed by atoms with Crippen LogP contribution in [0.3, 0.4) is 0 Å². The van der Waals surface area contributed by atoms with Crippen LogP contribution in [0, 0.1) is 0 Å². The lowest BCUT2D eigenvalue weighted by Gasteiger charge is -2.26. The van der Waals surface area contributed by atoms with E-state index in [1.54, 1.807) is 12.4 Å². The maximum absolute atomic E-state index is 11.5. The van der Waals surface area contributed by atoms with Gasteiger partial charge in [-0.1, -0.05) is 30.3 Å². The second-order valence-corrected chi connectivity index (χ2v) is 4.96. The smallest absolute Gasteiger partial charge is 0.408 e. The number of nitrogens with one attached hydrogen (secondary N) is 2. The molecule has 1 aromatic carbocycles. The monoisotopic (exact) mass is 297 g/mol. The van der Waals surface area contributed by atoms with Crippen LogP contribution in [0.2, 0.25) is 0 Å². The Hall–Kier alpha value is -2.89. The van der Waals surface area contributed by atoms with E-state index in [-0.39, 0.29) is 12.5 Å². The number of alkyl carbamates (subject to hydrolysis) is 1. The van der Waals surface area contributed by atoms with Crippen LogP contribution >= 0.6 is 0 Å². The van der Waals surface area contributed by atoms with E-state index in [0.29, 0.717) is 6.54 Å². The molecule has 1 atom stereocenters. The van der Waals surface area contributed by atoms with Crippen LogP contribution in [0.5, 0.6) is 0 Å². The lowest BCUT2D eigenvalue weighted by molar-refractivity contribution is -0.128. The number of ether oxygens (including phenoxy) is 1. The van der Waals surface area contributed by atoms with Crippen molar-refractivity contribution in [3.63, 3.8) is 0 Å². The molecule has 6 heteroatoms. The maximum Gasteiger partial charge on any atom is 0.408 e. The second kappa shape index (κ2) is 6.26. The van der Waals surface area contributed by atoms with Gasteiger partial charge in [0.15, 0.2) is 0 Å². The van der Waals surface area contributed by atoms with E-state index >= 15 is 0 Å². The van der Waals surface area contributed by atoms with Crippen molar-refractivity contribution >= 4 is 12.0 Å². The summed E-state index contributed by atoms with van der Waals surface area (Å²) in [6, 6.07) is 11.1. The molecule has 1 saturated heterocycles. The van der Waals surface area contributed by atoms with Gasteiger partial charge in [-0.05, 0) is 22.8 Å². The van der Waals surface area contributed by atoms with E-state index in [9.17, 15) is 9.59 Å². The first kappa shape index (κ1) is 14.1. The third-order valence-electron chi connectivity index (χ3n) is 3.41. The number of nitrogens with zero attached hydrogens (tertiary/aromatic N) is 1. The summed E-state index contributed by atoms with van der Waals surface area (Å²) < 4.78 is 5.09. The molecule has 112 valence electrons. The highest BCUT2D eigenvalue weighted by atomic mass is 16.5. The van der Waals surface area contributed by atoms with Gasteiger partial charge < -0.3 is 15.4 Å². The van der Waals surface area contributed by atoms with E-state index in [0.717, 1.165) is 16.7 Å². The van der Waals surface area contributed by atoms with Crippen LogP contribution in [0.15, 0.2) is 48.8 Å². The Kier molecular flexibility index (Phi) is 4.00. The number of hydrogen-bond donors (Lipinski definition) is 2. The summed E-state index contributed by atoms with van der Waals surface area (Å²) in [4.78, 5) is 26.6. The van der Waals surface area contributed by atoms with E-state index in [4.69, 9.17) is 4.74 Å². The lowest BCUT2D eigenvalue weighted by atomic mass is 10.1. The summed E-state index contributed by atoms with van der Waals surface area (Å²) in [6.07, 6.45) is 2.94. The number of aromatic nitrogens is 1. The SMILES string of the molecule is O=C(N[C@H]1CNC1=O)OCc1ccc(-c2cccnc2)cc1. The highest BCUT2D eigenvalue weighted by Crippen LogP contribution is 2.18. The quantitative estimate of drug-likeness (QED) is 0.838. The van der Waals surface area contributed by atoms with E-state index in [1.165, 1.54) is 0 Å². The van der Waals surface area contributed by atoms with Gasteiger partial charge in [-0.15, -0.1) is 0 Å². The Labute approximate surface area is 127 Å². The molecule has 1 aliphatic heterocycles. The van der Waals surface area contributed by atoms with Crippen molar-refractivity contribution < 1.29 is 14.3 Å². The van der Waals surface area contributed by atoms with Crippen molar-refractivity contribution in [3.05, 3.63) is 54.4 Å². The standard InChI is InChI=1S/C16H15N3O3/c20-15-14(9-18-15)19-16(21)22-10-11-3-5-12(6-4-11)13-2-1-7-17-8-13/h1-8,14H,9-10H2,(H,18,20)(H,19,21)/t14-/m0/s1. The zero-order valence-corrected chi connectivity index (χ0v) is 11.8. The molecule has 1 aliphatic rings. The predicted octanol–water partition coefficient (Wildman–Crippen LogP) is 1.47. The van der Waals surface area contributed by atoms with Gasteiger partial charge in [0.1, 0.15) is 12.6 Å². The maximum atomic E-state index is 11.5. The fraction of sp³-hybridized carbons (Fsp3) is 0.188. The van der Waals surface area contributed by atoms with Gasteiger partial charge in [-0.2, -0.15) is 0 Å². The van der Waals surface area contributed by atoms with Crippen molar-refractivity contribution in [1.82, 2.24) is 15.6 Å². The second-order valence-electron chi connectivity index (χ2n) is 4.96. The topological polar surface area (TPSA) is 80.3 Å². The Balaban J connectivity index is 1.53. The first-order chi connectivity index (χ1) is 10.7. The molecule has 0 unspecified atom stereocenters. The average Bonchev–Trinajstić information content (AvgIpc) is 2.58. The summed E-state index contributed by atoms with van der Waals surface area (Å²) in [6.45, 7) is 0.612. The van der Waals surface area contributed by atoms with Crippen molar-refractivity contribution in [2.75, 3.05) is 6.54 Å². The lowest BCUT2D eigenvalue weighted by Crippen LogP contribution is -2.61. The number of carbonyl (C=O) groups is 2. The van der Waals surface area contributed by atoms with Crippen LogP contribution in [-0.4, -0.2) is 29.6 Å². The highest BCUT2D eigenvalue weighted by molar-refractivity contribution is 5.90. The third-order valence-corrected chi connectivity index (χ3v) is 3.41. The van der Waals surface area contributed by atoms with Gasteiger partial charge in [-0.3, -0.25) is 9.78 Å². The molecule has 2 aromatic rings. The molecule has 0 bridgehead atoms. The number of hydrogen-bond acceptors (Lipinski definition) is 4. The summed E-state index contributed by atoms with van der Waals surface area (Å²) in [7, 11) is 0. The number of rotatable bonds is 4. The van der Waals surface area contributed by atoms with Gasteiger partial charge in [0.2, 0.25) is 5.91 Å². The number of carbonyl (C=O) groups excluding carboxylic acids is 2. The molecule has 1 fully saturated rings. The van der Waals surface area contributed by atoms with Crippen LogP contribution in [0.25, 0.3) is 11.1 Å². The molecule has 3 rings (SSSR count). The van der Waals surface area contributed by atoms with Gasteiger partial charge in [0.25, 0.3) is 0 Å². The molecule has 0 spiro atoms. The number of β-lactam (4-membered cyclic amide) rings is 1. The molecule has 22 heavy (non-hydrogen) atoms. The highest BCUT2D eigenvalue weighted by Gasteiger charge is 2.29. The predicted molar refractivity (Wildman–Crippen MR) is 79.8 cm³/mol. The van der Waals surface area contributed by atoms with Gasteiger partial charge in [0.05, 0.1) is 0 Å². The first-order valence-corrected chi connectivity index (χ1v) is 6.93. The molecule has 2 heterocycles. The zero-order chi connectivity index (χ0) is 15.4. The minimum Gasteiger partial charge on any atom is -0.445 e. The van der Waals surface area contributed by atoms with E-state index in [1.807, 2.05) is 36.4 Å². The Morgan fingerprint density at radius 2 is 2.09 bits per heavy atom. The fourth-order valence-electron chi connectivity index (χ4n) is 2.06. The van der Waals surface area contributed by atoms with Gasteiger partial charge >= 0.3 is 6.09 Å². The minimum absolute atomic E-state index is 0.160. The summed E-state index contributed by atoms with van der Waals surface area (Å²) in [5, 5.41) is 5.04. The number of amides is 2. The van der Waals surface area contributed by atoms with E-state index in [2.05, 4.69) is 15.6 Å². The third kappa shape index (κ3) is 3.22. The van der Waals surface area contributed by atoms with Crippen molar-refractivity contribution in [1.29, 1.82) is 0 Å². The molecule has 0 saturated carbocycles. The Morgan fingerprint density at radius 3 is 2.68 bits per heavy atom. The van der Waals surface area contributed by atoms with Crippen molar-refractivity contribution in [2.45, 2.75) is 12.6 Å². The van der Waals surface area contributed by atoms with Crippen LogP contribution in [0.4, 0.5) is 4.79 Å². The largest absolute Gasteiger partial charge is 0.445 e. The normalized spacial score (nSPS) is 16.4. The Bertz CT molecular complexity index is 671. The zero-order valence-electron chi connectivity index (χ0n) is 11.8. The molecular formula is C16H15N3O3. The average molecular weight is 297 g/mol. The fourth-order valence-corrected chi connectivity index (χ4v) is 2.06. The van der Waals surface area contributed by atoms with Crippen molar-refractivity contribution in [3.8, 4) is 11.1 Å². The minimum atomic E-state index is -0.587. The molecule has 2 N–H and O–H groups in total. The van der Waals surface area contributed by atoms with Crippen molar-refractivity contribution in [2.24, 2.45) is 0 Å². The molecule has 2 amide bonds. The molecular weight excluding hydrogens is 282 g/mol. The molecule has 0 aliphatic carbocycles. The summed E-state index contributed by atoms with van der Waals surface area (Å²) in [5.41, 5.74) is 2.96. The van der Waals surface area contributed by atoms with Crippen LogP contribution in [-0.2, 0) is 16.1 Å². The Morgan fingerprint density at radius 1 is 1.27 bits per heavy atom. The summed E-state index contributed by atoms with van der Waals surface area (Å²) in [5.74, 6) is -0.183. The molecule has 1 aromatic heterocycles. The summed E-state index contributed by atoms with van der Waals surface area (Å²) >= 11 is 0. The van der Waals surface area contributed by atoms with Crippen LogP contribution in [0.1, 0.15) is 5.56 Å².